The minimum atomic E-state index is -3.57. The first-order valence-electron chi connectivity index (χ1n) is 8.67. The number of nitrogens with zero attached hydrogens (tertiary/aromatic N) is 2. The second kappa shape index (κ2) is 8.59. The topological polar surface area (TPSA) is 88.1 Å². The van der Waals surface area contributed by atoms with Gasteiger partial charge in [-0.3, -0.25) is 4.79 Å². The largest absolute Gasteiger partial charge is 0.379 e. The molecule has 0 bridgehead atoms. The maximum atomic E-state index is 13.6. The Hall–Kier alpha value is -2.62. The van der Waals surface area contributed by atoms with Gasteiger partial charge < -0.3 is 4.74 Å². The van der Waals surface area contributed by atoms with Crippen LogP contribution >= 0.6 is 0 Å². The van der Waals surface area contributed by atoms with E-state index in [0.717, 1.165) is 0 Å². The van der Waals surface area contributed by atoms with Crippen molar-refractivity contribution in [1.82, 2.24) is 9.73 Å². The van der Waals surface area contributed by atoms with Crippen LogP contribution in [0.15, 0.2) is 58.5 Å². The third kappa shape index (κ3) is 4.44. The molecule has 1 N–H and O–H groups in total. The fourth-order valence-corrected chi connectivity index (χ4v) is 4.12. The van der Waals surface area contributed by atoms with E-state index >= 15 is 0 Å². The zero-order valence-corrected chi connectivity index (χ0v) is 16.1. The zero-order chi connectivity index (χ0) is 20.1. The van der Waals surface area contributed by atoms with E-state index < -0.39 is 21.7 Å². The molecule has 2 aromatic carbocycles. The summed E-state index contributed by atoms with van der Waals surface area (Å²) >= 11 is 0. The Bertz CT molecular complexity index is 984. The van der Waals surface area contributed by atoms with E-state index in [1.165, 1.54) is 34.6 Å². The first kappa shape index (κ1) is 20.1. The minimum absolute atomic E-state index is 0.106. The third-order valence-corrected chi connectivity index (χ3v) is 6.24. The van der Waals surface area contributed by atoms with Crippen LogP contribution in [-0.4, -0.2) is 50.6 Å². The number of rotatable bonds is 5. The van der Waals surface area contributed by atoms with Gasteiger partial charge in [-0.15, -0.1) is 0 Å². The van der Waals surface area contributed by atoms with Crippen molar-refractivity contribution in [2.24, 2.45) is 5.10 Å². The van der Waals surface area contributed by atoms with Crippen molar-refractivity contribution in [2.45, 2.75) is 11.8 Å². The number of sulfonamides is 1. The van der Waals surface area contributed by atoms with Crippen LogP contribution in [0.3, 0.4) is 0 Å². The van der Waals surface area contributed by atoms with Crippen molar-refractivity contribution in [3.63, 3.8) is 0 Å². The fourth-order valence-electron chi connectivity index (χ4n) is 2.71. The Morgan fingerprint density at radius 2 is 1.75 bits per heavy atom. The summed E-state index contributed by atoms with van der Waals surface area (Å²) in [7, 11) is -3.57. The van der Waals surface area contributed by atoms with E-state index in [9.17, 15) is 17.6 Å². The zero-order valence-electron chi connectivity index (χ0n) is 15.3. The summed E-state index contributed by atoms with van der Waals surface area (Å²) in [5, 5.41) is 3.97. The molecule has 148 valence electrons. The Morgan fingerprint density at radius 1 is 1.11 bits per heavy atom. The molecule has 0 unspecified atom stereocenters. The summed E-state index contributed by atoms with van der Waals surface area (Å²) in [5.74, 6) is -1.30. The van der Waals surface area contributed by atoms with Gasteiger partial charge in [0.2, 0.25) is 10.0 Å². The van der Waals surface area contributed by atoms with Gasteiger partial charge in [-0.25, -0.2) is 18.2 Å². The molecule has 3 rings (SSSR count). The van der Waals surface area contributed by atoms with Crippen molar-refractivity contribution >= 4 is 21.6 Å². The summed E-state index contributed by atoms with van der Waals surface area (Å²) in [6.07, 6.45) is 0. The Morgan fingerprint density at radius 3 is 2.39 bits per heavy atom. The summed E-state index contributed by atoms with van der Waals surface area (Å²) in [6, 6.07) is 11.8. The molecule has 0 spiro atoms. The summed E-state index contributed by atoms with van der Waals surface area (Å²) < 4.78 is 45.4. The lowest BCUT2D eigenvalue weighted by molar-refractivity contribution is 0.0730. The van der Waals surface area contributed by atoms with Gasteiger partial charge in [-0.1, -0.05) is 24.3 Å². The van der Waals surface area contributed by atoms with Gasteiger partial charge in [-0.2, -0.15) is 9.41 Å². The number of morpholine rings is 1. The minimum Gasteiger partial charge on any atom is -0.379 e. The normalized spacial score (nSPS) is 16.0. The summed E-state index contributed by atoms with van der Waals surface area (Å²) in [4.78, 5) is 12.2. The number of amides is 1. The Labute approximate surface area is 162 Å². The molecule has 0 aliphatic carbocycles. The number of carbonyl (C=O) groups is 1. The quantitative estimate of drug-likeness (QED) is 0.609. The highest BCUT2D eigenvalue weighted by Crippen LogP contribution is 2.18. The molecular formula is C19H20FN3O4S. The summed E-state index contributed by atoms with van der Waals surface area (Å²) in [5.41, 5.74) is 3.29. The maximum absolute atomic E-state index is 13.6. The van der Waals surface area contributed by atoms with Crippen LogP contribution in [0, 0.1) is 5.82 Å². The van der Waals surface area contributed by atoms with Gasteiger partial charge in [0, 0.05) is 13.1 Å². The lowest BCUT2D eigenvalue weighted by Gasteiger charge is -2.26. The number of hydrogen-bond acceptors (Lipinski definition) is 5. The second-order valence-corrected chi connectivity index (χ2v) is 8.10. The van der Waals surface area contributed by atoms with Crippen molar-refractivity contribution in [1.29, 1.82) is 0 Å². The lowest BCUT2D eigenvalue weighted by atomic mass is 10.1. The predicted molar refractivity (Wildman–Crippen MR) is 102 cm³/mol. The van der Waals surface area contributed by atoms with E-state index in [1.807, 2.05) is 0 Å². The molecule has 1 aliphatic rings. The number of hydrazone groups is 1. The average Bonchev–Trinajstić information content (AvgIpc) is 2.73. The van der Waals surface area contributed by atoms with Gasteiger partial charge in [0.1, 0.15) is 5.82 Å². The number of nitrogens with one attached hydrogen (secondary N) is 1. The maximum Gasteiger partial charge on any atom is 0.274 e. The molecule has 1 saturated heterocycles. The van der Waals surface area contributed by atoms with Gasteiger partial charge in [0.15, 0.2) is 0 Å². The van der Waals surface area contributed by atoms with Gasteiger partial charge in [0.05, 0.1) is 29.4 Å². The average molecular weight is 405 g/mol. The van der Waals surface area contributed by atoms with Gasteiger partial charge >= 0.3 is 0 Å². The standard InChI is InChI=1S/C19H20FN3O4S/c1-14(21-22-19(24)17-4-2-3-5-18(17)20)15-6-8-16(9-7-15)28(25,26)23-10-12-27-13-11-23/h2-9H,10-13H2,1H3,(H,22,24)/b21-14+. The lowest BCUT2D eigenvalue weighted by Crippen LogP contribution is -2.40. The van der Waals surface area contributed by atoms with Crippen molar-refractivity contribution in [3.05, 3.63) is 65.5 Å². The molecule has 1 fully saturated rings. The highest BCUT2D eigenvalue weighted by atomic mass is 32.2. The number of halogens is 1. The van der Waals surface area contributed by atoms with Crippen LogP contribution in [0.4, 0.5) is 4.39 Å². The smallest absolute Gasteiger partial charge is 0.274 e. The molecule has 0 radical (unpaired) electrons. The van der Waals surface area contributed by atoms with Crippen LogP contribution in [-0.2, 0) is 14.8 Å². The van der Waals surface area contributed by atoms with E-state index in [2.05, 4.69) is 10.5 Å². The molecule has 1 aliphatic heterocycles. The Kier molecular flexibility index (Phi) is 6.18. The fraction of sp³-hybridized carbons (Fsp3) is 0.263. The molecule has 2 aromatic rings. The van der Waals surface area contributed by atoms with Crippen molar-refractivity contribution < 1.29 is 22.3 Å². The van der Waals surface area contributed by atoms with Crippen molar-refractivity contribution in [2.75, 3.05) is 26.3 Å². The van der Waals surface area contributed by atoms with E-state index in [-0.39, 0.29) is 10.5 Å². The van der Waals surface area contributed by atoms with Crippen LogP contribution in [0.1, 0.15) is 22.8 Å². The number of hydrogen-bond donors (Lipinski definition) is 1. The third-order valence-electron chi connectivity index (χ3n) is 4.32. The molecule has 1 amide bonds. The van der Waals surface area contributed by atoms with Crippen LogP contribution < -0.4 is 5.43 Å². The van der Waals surface area contributed by atoms with E-state index in [4.69, 9.17) is 4.74 Å². The number of benzene rings is 2. The molecule has 0 aromatic heterocycles. The van der Waals surface area contributed by atoms with Crippen LogP contribution in [0.5, 0.6) is 0 Å². The molecular weight excluding hydrogens is 385 g/mol. The molecule has 7 nitrogen and oxygen atoms in total. The second-order valence-electron chi connectivity index (χ2n) is 6.16. The van der Waals surface area contributed by atoms with Crippen LogP contribution in [0.25, 0.3) is 0 Å². The van der Waals surface area contributed by atoms with Gasteiger partial charge in [0.25, 0.3) is 5.91 Å². The number of ether oxygens (including phenoxy) is 1. The highest BCUT2D eigenvalue weighted by molar-refractivity contribution is 7.89. The molecule has 0 saturated carbocycles. The monoisotopic (exact) mass is 405 g/mol. The summed E-state index contributed by atoms with van der Waals surface area (Å²) in [6.45, 7) is 3.07. The first-order valence-corrected chi connectivity index (χ1v) is 10.1. The van der Waals surface area contributed by atoms with E-state index in [0.29, 0.717) is 37.6 Å². The van der Waals surface area contributed by atoms with Crippen molar-refractivity contribution in [3.8, 4) is 0 Å². The predicted octanol–water partition coefficient (Wildman–Crippen LogP) is 2.00. The molecule has 28 heavy (non-hydrogen) atoms. The first-order chi connectivity index (χ1) is 13.4. The molecule has 9 heteroatoms. The number of carbonyl (C=O) groups excluding carboxylic acids is 1. The SMILES string of the molecule is C/C(=N\NC(=O)c1ccccc1F)c1ccc(S(=O)(=O)N2CCOCC2)cc1. The van der Waals surface area contributed by atoms with E-state index in [1.54, 1.807) is 25.1 Å². The van der Waals surface area contributed by atoms with Crippen LogP contribution in [0.2, 0.25) is 0 Å². The molecule has 0 atom stereocenters. The van der Waals surface area contributed by atoms with Gasteiger partial charge in [-0.05, 0) is 36.8 Å². The Balaban J connectivity index is 1.71. The highest BCUT2D eigenvalue weighted by Gasteiger charge is 2.26. The molecule has 1 heterocycles.